The number of aliphatic imine (C=N–C) groups is 1. The molecule has 0 spiro atoms. The van der Waals surface area contributed by atoms with E-state index in [1.165, 1.54) is 6.07 Å². The number of hydrogen-bond acceptors (Lipinski definition) is 1. The maximum atomic E-state index is 14.2. The lowest BCUT2D eigenvalue weighted by Gasteiger charge is -2.09. The third-order valence-electron chi connectivity index (χ3n) is 3.44. The summed E-state index contributed by atoms with van der Waals surface area (Å²) >= 11 is 0. The smallest absolute Gasteiger partial charge is 0.132 e. The van der Waals surface area contributed by atoms with E-state index in [0.717, 1.165) is 11.1 Å². The van der Waals surface area contributed by atoms with Crippen LogP contribution in [0.1, 0.15) is 16.7 Å². The summed E-state index contributed by atoms with van der Waals surface area (Å²) in [5, 5.41) is 0. The molecule has 0 atom stereocenters. The Hall–Kier alpha value is -2.74. The molecule has 0 fully saturated rings. The summed E-state index contributed by atoms with van der Waals surface area (Å²) in [5.74, 6) is -0.252. The van der Waals surface area contributed by atoms with E-state index in [-0.39, 0.29) is 5.82 Å². The van der Waals surface area contributed by atoms with Crippen LogP contribution in [0.15, 0.2) is 89.9 Å². The topological polar surface area (TPSA) is 12.4 Å². The van der Waals surface area contributed by atoms with Crippen LogP contribution in [0.5, 0.6) is 0 Å². The fourth-order valence-electron chi connectivity index (χ4n) is 2.33. The Bertz CT molecular complexity index is 764. The van der Waals surface area contributed by atoms with Gasteiger partial charge in [0.05, 0.1) is 12.3 Å². The maximum absolute atomic E-state index is 14.2. The molecule has 0 heterocycles. The lowest BCUT2D eigenvalue weighted by atomic mass is 10.0. The van der Waals surface area contributed by atoms with Crippen molar-refractivity contribution in [1.82, 2.24) is 0 Å². The number of benzene rings is 3. The molecule has 0 N–H and O–H groups in total. The zero-order valence-corrected chi connectivity index (χ0v) is 12.1. The Labute approximate surface area is 129 Å². The first kappa shape index (κ1) is 14.2. The summed E-state index contributed by atoms with van der Waals surface area (Å²) in [7, 11) is 0. The molecule has 0 saturated carbocycles. The molecule has 0 saturated heterocycles. The second-order valence-corrected chi connectivity index (χ2v) is 5.00. The van der Waals surface area contributed by atoms with Gasteiger partial charge in [-0.25, -0.2) is 4.39 Å². The fraction of sp³-hybridized carbons (Fsp3) is 0.0500. The number of halogens is 1. The summed E-state index contributed by atoms with van der Waals surface area (Å²) in [6.07, 6.45) is 0. The van der Waals surface area contributed by atoms with E-state index >= 15 is 0 Å². The average Bonchev–Trinajstić information content (AvgIpc) is 2.58. The number of nitrogens with zero attached hydrogens (tertiary/aromatic N) is 1. The minimum Gasteiger partial charge on any atom is -0.279 e. The molecule has 0 aromatic heterocycles. The van der Waals surface area contributed by atoms with E-state index in [2.05, 4.69) is 4.99 Å². The Balaban J connectivity index is 2.02. The van der Waals surface area contributed by atoms with E-state index in [4.69, 9.17) is 0 Å². The van der Waals surface area contributed by atoms with Crippen LogP contribution < -0.4 is 0 Å². The van der Waals surface area contributed by atoms with Gasteiger partial charge in [-0.3, -0.25) is 4.99 Å². The van der Waals surface area contributed by atoms with Gasteiger partial charge in [-0.1, -0.05) is 72.8 Å². The Morgan fingerprint density at radius 2 is 1.32 bits per heavy atom. The first-order valence-corrected chi connectivity index (χ1v) is 7.23. The predicted octanol–water partition coefficient (Wildman–Crippen LogP) is 4.86. The van der Waals surface area contributed by atoms with Crippen LogP contribution in [0.25, 0.3) is 0 Å². The van der Waals surface area contributed by atoms with E-state index < -0.39 is 0 Å². The standard InChI is InChI=1S/C20H16FN/c21-19-14-8-7-13-18(19)20(17-11-5-2-6-12-17)22-15-16-9-3-1-4-10-16/h1-14H,15H2. The van der Waals surface area contributed by atoms with Crippen molar-refractivity contribution in [3.8, 4) is 0 Å². The first-order valence-electron chi connectivity index (χ1n) is 7.23. The molecule has 3 rings (SSSR count). The molecule has 0 aliphatic rings. The van der Waals surface area contributed by atoms with Crippen LogP contribution in [0.3, 0.4) is 0 Å². The van der Waals surface area contributed by atoms with Gasteiger partial charge < -0.3 is 0 Å². The maximum Gasteiger partial charge on any atom is 0.132 e. The van der Waals surface area contributed by atoms with Crippen LogP contribution in [-0.2, 0) is 6.54 Å². The molecule has 0 bridgehead atoms. The highest BCUT2D eigenvalue weighted by atomic mass is 19.1. The molecular weight excluding hydrogens is 273 g/mol. The summed E-state index contributed by atoms with van der Waals surface area (Å²) in [6.45, 7) is 0.527. The van der Waals surface area contributed by atoms with Gasteiger partial charge >= 0.3 is 0 Å². The van der Waals surface area contributed by atoms with Gasteiger partial charge in [0, 0.05) is 11.1 Å². The molecule has 3 aromatic rings. The van der Waals surface area contributed by atoms with Gasteiger partial charge in [0.1, 0.15) is 5.82 Å². The van der Waals surface area contributed by atoms with Crippen molar-refractivity contribution < 1.29 is 4.39 Å². The first-order chi connectivity index (χ1) is 10.8. The van der Waals surface area contributed by atoms with Gasteiger partial charge in [-0.2, -0.15) is 0 Å². The van der Waals surface area contributed by atoms with Crippen molar-refractivity contribution in [3.63, 3.8) is 0 Å². The van der Waals surface area contributed by atoms with E-state index in [0.29, 0.717) is 17.8 Å². The highest BCUT2D eigenvalue weighted by Gasteiger charge is 2.10. The van der Waals surface area contributed by atoms with Gasteiger partial charge in [-0.15, -0.1) is 0 Å². The highest BCUT2D eigenvalue weighted by molar-refractivity contribution is 6.13. The van der Waals surface area contributed by atoms with Gasteiger partial charge in [0.25, 0.3) is 0 Å². The SMILES string of the molecule is Fc1ccccc1C(=NCc1ccccc1)c1ccccc1. The Morgan fingerprint density at radius 1 is 0.727 bits per heavy atom. The third-order valence-corrected chi connectivity index (χ3v) is 3.44. The molecule has 0 aliphatic heterocycles. The van der Waals surface area contributed by atoms with Crippen molar-refractivity contribution in [1.29, 1.82) is 0 Å². The summed E-state index contributed by atoms with van der Waals surface area (Å²) < 4.78 is 14.2. The molecule has 2 heteroatoms. The van der Waals surface area contributed by atoms with Crippen LogP contribution >= 0.6 is 0 Å². The van der Waals surface area contributed by atoms with E-state index in [9.17, 15) is 4.39 Å². The quantitative estimate of drug-likeness (QED) is 0.608. The number of hydrogen-bond donors (Lipinski definition) is 0. The van der Waals surface area contributed by atoms with Crippen molar-refractivity contribution in [2.75, 3.05) is 0 Å². The average molecular weight is 289 g/mol. The molecule has 3 aromatic carbocycles. The second-order valence-electron chi connectivity index (χ2n) is 5.00. The van der Waals surface area contributed by atoms with Crippen LogP contribution in [0.4, 0.5) is 4.39 Å². The third kappa shape index (κ3) is 3.29. The lowest BCUT2D eigenvalue weighted by Crippen LogP contribution is -2.06. The Morgan fingerprint density at radius 3 is 2.00 bits per heavy atom. The Kier molecular flexibility index (Phi) is 4.40. The fourth-order valence-corrected chi connectivity index (χ4v) is 2.33. The van der Waals surface area contributed by atoms with E-state index in [1.54, 1.807) is 12.1 Å². The van der Waals surface area contributed by atoms with E-state index in [1.807, 2.05) is 66.7 Å². The highest BCUT2D eigenvalue weighted by Crippen LogP contribution is 2.15. The normalized spacial score (nSPS) is 11.4. The summed E-state index contributed by atoms with van der Waals surface area (Å²) in [4.78, 5) is 4.67. The molecule has 108 valence electrons. The van der Waals surface area contributed by atoms with Crippen molar-refractivity contribution >= 4 is 5.71 Å². The molecular formula is C20H16FN. The molecule has 0 amide bonds. The van der Waals surface area contributed by atoms with Gasteiger partial charge in [0.2, 0.25) is 0 Å². The lowest BCUT2D eigenvalue weighted by molar-refractivity contribution is 0.625. The zero-order chi connectivity index (χ0) is 15.2. The molecule has 0 unspecified atom stereocenters. The largest absolute Gasteiger partial charge is 0.279 e. The predicted molar refractivity (Wildman–Crippen MR) is 88.6 cm³/mol. The van der Waals surface area contributed by atoms with Crippen LogP contribution in [0, 0.1) is 5.82 Å². The van der Waals surface area contributed by atoms with Crippen molar-refractivity contribution in [2.45, 2.75) is 6.54 Å². The van der Waals surface area contributed by atoms with Gasteiger partial charge in [0.15, 0.2) is 0 Å². The summed E-state index contributed by atoms with van der Waals surface area (Å²) in [6, 6.07) is 26.5. The second kappa shape index (κ2) is 6.81. The van der Waals surface area contributed by atoms with Crippen molar-refractivity contribution in [3.05, 3.63) is 107 Å². The number of rotatable bonds is 4. The van der Waals surface area contributed by atoms with Crippen molar-refractivity contribution in [2.24, 2.45) is 4.99 Å². The summed E-state index contributed by atoms with van der Waals surface area (Å²) in [5.41, 5.74) is 3.24. The van der Waals surface area contributed by atoms with Gasteiger partial charge in [-0.05, 0) is 17.7 Å². The molecule has 0 aliphatic carbocycles. The minimum absolute atomic E-state index is 0.252. The monoisotopic (exact) mass is 289 g/mol. The molecule has 22 heavy (non-hydrogen) atoms. The zero-order valence-electron chi connectivity index (χ0n) is 12.1. The minimum atomic E-state index is -0.252. The van der Waals surface area contributed by atoms with Crippen LogP contribution in [0.2, 0.25) is 0 Å². The molecule has 1 nitrogen and oxygen atoms in total. The molecule has 0 radical (unpaired) electrons. The van der Waals surface area contributed by atoms with Crippen LogP contribution in [-0.4, -0.2) is 5.71 Å².